The van der Waals surface area contributed by atoms with Crippen molar-refractivity contribution in [2.24, 2.45) is 5.10 Å². The predicted octanol–water partition coefficient (Wildman–Crippen LogP) is 2.32. The van der Waals surface area contributed by atoms with E-state index in [-0.39, 0.29) is 25.0 Å². The number of benzene rings is 2. The number of nitrogens with one attached hydrogen (secondary N) is 1. The van der Waals surface area contributed by atoms with Crippen LogP contribution in [-0.4, -0.2) is 31.2 Å². The Kier molecular flexibility index (Phi) is 4.90. The maximum absolute atomic E-state index is 12.0. The maximum atomic E-state index is 12.0. The molecule has 1 N–H and O–H groups in total. The van der Waals surface area contributed by atoms with Crippen LogP contribution in [0.3, 0.4) is 0 Å². The van der Waals surface area contributed by atoms with Crippen LogP contribution in [0.5, 0.6) is 5.75 Å². The topological polar surface area (TPSA) is 71.0 Å². The van der Waals surface area contributed by atoms with Crippen molar-refractivity contribution in [2.75, 3.05) is 18.1 Å². The number of nitrogens with zero attached hydrogens (tertiary/aromatic N) is 2. The van der Waals surface area contributed by atoms with E-state index in [1.165, 1.54) is 4.90 Å². The van der Waals surface area contributed by atoms with Gasteiger partial charge in [-0.3, -0.25) is 14.5 Å². The van der Waals surface area contributed by atoms with Crippen LogP contribution in [-0.2, 0) is 9.59 Å². The van der Waals surface area contributed by atoms with E-state index in [1.54, 1.807) is 24.4 Å². The van der Waals surface area contributed by atoms with E-state index < -0.39 is 0 Å². The van der Waals surface area contributed by atoms with Crippen LogP contribution in [0.4, 0.5) is 5.69 Å². The Labute approximate surface area is 147 Å². The SMILES string of the molecule is O=C(CN1C(=O)COc2ccccc21)N/N=C\c1ccc(Br)cc1. The van der Waals surface area contributed by atoms with E-state index in [9.17, 15) is 9.59 Å². The summed E-state index contributed by atoms with van der Waals surface area (Å²) < 4.78 is 6.31. The molecule has 24 heavy (non-hydrogen) atoms. The van der Waals surface area contributed by atoms with Gasteiger partial charge >= 0.3 is 0 Å². The zero-order valence-corrected chi connectivity index (χ0v) is 14.2. The maximum Gasteiger partial charge on any atom is 0.265 e. The molecule has 2 aromatic rings. The van der Waals surface area contributed by atoms with Crippen molar-refractivity contribution in [2.45, 2.75) is 0 Å². The quantitative estimate of drug-likeness (QED) is 0.646. The highest BCUT2D eigenvalue weighted by Gasteiger charge is 2.26. The van der Waals surface area contributed by atoms with Gasteiger partial charge in [0.2, 0.25) is 0 Å². The second kappa shape index (κ2) is 7.27. The molecule has 7 heteroatoms. The van der Waals surface area contributed by atoms with Crippen LogP contribution < -0.4 is 15.1 Å². The third kappa shape index (κ3) is 3.80. The molecule has 0 saturated carbocycles. The van der Waals surface area contributed by atoms with Crippen molar-refractivity contribution >= 4 is 39.6 Å². The predicted molar refractivity (Wildman–Crippen MR) is 94.2 cm³/mol. The minimum Gasteiger partial charge on any atom is -0.482 e. The Balaban J connectivity index is 1.62. The van der Waals surface area contributed by atoms with Gasteiger partial charge in [0.05, 0.1) is 11.9 Å². The third-order valence-electron chi connectivity index (χ3n) is 3.38. The average molecular weight is 388 g/mol. The molecule has 0 bridgehead atoms. The van der Waals surface area contributed by atoms with Crippen LogP contribution in [0.25, 0.3) is 0 Å². The number of rotatable bonds is 4. The molecule has 2 aromatic carbocycles. The Morgan fingerprint density at radius 2 is 2.00 bits per heavy atom. The van der Waals surface area contributed by atoms with Crippen LogP contribution >= 0.6 is 15.9 Å². The first-order chi connectivity index (χ1) is 11.6. The van der Waals surface area contributed by atoms with Gasteiger partial charge in [-0.1, -0.05) is 40.2 Å². The Bertz CT molecular complexity index is 790. The highest BCUT2D eigenvalue weighted by atomic mass is 79.9. The molecule has 3 rings (SSSR count). The monoisotopic (exact) mass is 387 g/mol. The molecule has 0 radical (unpaired) electrons. The summed E-state index contributed by atoms with van der Waals surface area (Å²) >= 11 is 3.35. The lowest BCUT2D eigenvalue weighted by atomic mass is 10.2. The van der Waals surface area contributed by atoms with Crippen LogP contribution in [0.1, 0.15) is 5.56 Å². The first-order valence-corrected chi connectivity index (χ1v) is 8.02. The number of carbonyl (C=O) groups excluding carboxylic acids is 2. The zero-order valence-electron chi connectivity index (χ0n) is 12.6. The highest BCUT2D eigenvalue weighted by Crippen LogP contribution is 2.31. The Hall–Kier alpha value is -2.67. The summed E-state index contributed by atoms with van der Waals surface area (Å²) in [6, 6.07) is 14.6. The van der Waals surface area contributed by atoms with Gasteiger partial charge in [-0.25, -0.2) is 5.43 Å². The number of hydrazone groups is 1. The molecule has 6 nitrogen and oxygen atoms in total. The standard InChI is InChI=1S/C17H14BrN3O3/c18-13-7-5-12(6-8-13)9-19-20-16(22)10-21-14-3-1-2-4-15(14)24-11-17(21)23/h1-9H,10-11H2,(H,20,22)/b19-9-. The van der Waals surface area contributed by atoms with E-state index in [2.05, 4.69) is 26.5 Å². The molecule has 1 aliphatic rings. The number of hydrogen-bond acceptors (Lipinski definition) is 4. The van der Waals surface area contributed by atoms with Crippen molar-refractivity contribution in [3.8, 4) is 5.75 Å². The lowest BCUT2D eigenvalue weighted by molar-refractivity contribution is -0.125. The smallest absolute Gasteiger partial charge is 0.265 e. The van der Waals surface area contributed by atoms with Gasteiger partial charge < -0.3 is 4.74 Å². The molecule has 0 aromatic heterocycles. The van der Waals surface area contributed by atoms with E-state index in [0.29, 0.717) is 11.4 Å². The van der Waals surface area contributed by atoms with Gasteiger partial charge in [-0.15, -0.1) is 0 Å². The molecule has 1 heterocycles. The molecule has 0 fully saturated rings. The van der Waals surface area contributed by atoms with E-state index >= 15 is 0 Å². The third-order valence-corrected chi connectivity index (χ3v) is 3.91. The number of ether oxygens (including phenoxy) is 1. The molecular formula is C17H14BrN3O3. The highest BCUT2D eigenvalue weighted by molar-refractivity contribution is 9.10. The number of carbonyl (C=O) groups is 2. The summed E-state index contributed by atoms with van der Waals surface area (Å²) in [4.78, 5) is 25.4. The summed E-state index contributed by atoms with van der Waals surface area (Å²) in [5.74, 6) is -0.0579. The summed E-state index contributed by atoms with van der Waals surface area (Å²) in [5, 5.41) is 3.91. The minimum atomic E-state index is -0.381. The van der Waals surface area contributed by atoms with Crippen molar-refractivity contribution in [1.29, 1.82) is 0 Å². The number of para-hydroxylation sites is 2. The second-order valence-electron chi connectivity index (χ2n) is 5.08. The summed E-state index contributed by atoms with van der Waals surface area (Å²) in [7, 11) is 0. The van der Waals surface area contributed by atoms with Crippen LogP contribution in [0, 0.1) is 0 Å². The second-order valence-corrected chi connectivity index (χ2v) is 6.00. The minimum absolute atomic E-state index is 0.0769. The van der Waals surface area contributed by atoms with Gasteiger partial charge in [-0.2, -0.15) is 5.10 Å². The van der Waals surface area contributed by atoms with Crippen molar-refractivity contribution in [1.82, 2.24) is 5.43 Å². The Morgan fingerprint density at radius 3 is 2.79 bits per heavy atom. The van der Waals surface area contributed by atoms with Crippen molar-refractivity contribution in [3.05, 3.63) is 58.6 Å². The summed E-state index contributed by atoms with van der Waals surface area (Å²) in [6.45, 7) is -0.191. The van der Waals surface area contributed by atoms with Crippen LogP contribution in [0.2, 0.25) is 0 Å². The number of halogens is 1. The summed E-state index contributed by atoms with van der Waals surface area (Å²) in [5.41, 5.74) is 3.87. The van der Waals surface area contributed by atoms with Gasteiger partial charge in [0.15, 0.2) is 6.61 Å². The van der Waals surface area contributed by atoms with Crippen molar-refractivity contribution in [3.63, 3.8) is 0 Å². The first kappa shape index (κ1) is 16.2. The fourth-order valence-corrected chi connectivity index (χ4v) is 2.50. The summed E-state index contributed by atoms with van der Waals surface area (Å²) in [6.07, 6.45) is 1.54. The van der Waals surface area contributed by atoms with Gasteiger partial charge in [0.25, 0.3) is 11.8 Å². The molecule has 2 amide bonds. The molecule has 0 atom stereocenters. The number of amides is 2. The molecule has 0 aliphatic carbocycles. The van der Waals surface area contributed by atoms with Gasteiger partial charge in [0, 0.05) is 4.47 Å². The normalized spacial score (nSPS) is 13.5. The number of hydrogen-bond donors (Lipinski definition) is 1. The molecule has 0 unspecified atom stereocenters. The molecule has 1 aliphatic heterocycles. The van der Waals surface area contributed by atoms with E-state index in [1.807, 2.05) is 30.3 Å². The van der Waals surface area contributed by atoms with E-state index in [4.69, 9.17) is 4.74 Å². The fraction of sp³-hybridized carbons (Fsp3) is 0.118. The molecule has 0 spiro atoms. The van der Waals surface area contributed by atoms with Gasteiger partial charge in [-0.05, 0) is 29.8 Å². The van der Waals surface area contributed by atoms with Crippen LogP contribution in [0.15, 0.2) is 58.1 Å². The van der Waals surface area contributed by atoms with E-state index in [0.717, 1.165) is 10.0 Å². The lowest BCUT2D eigenvalue weighted by Crippen LogP contribution is -2.44. The number of anilines is 1. The number of fused-ring (bicyclic) bond motifs is 1. The molecular weight excluding hydrogens is 374 g/mol. The molecule has 122 valence electrons. The zero-order chi connectivity index (χ0) is 16.9. The van der Waals surface area contributed by atoms with Gasteiger partial charge in [0.1, 0.15) is 12.3 Å². The first-order valence-electron chi connectivity index (χ1n) is 7.23. The lowest BCUT2D eigenvalue weighted by Gasteiger charge is -2.28. The van der Waals surface area contributed by atoms with Crippen molar-refractivity contribution < 1.29 is 14.3 Å². The Morgan fingerprint density at radius 1 is 1.25 bits per heavy atom. The average Bonchev–Trinajstić information content (AvgIpc) is 2.59. The fourth-order valence-electron chi connectivity index (χ4n) is 2.23. The molecule has 0 saturated heterocycles. The largest absolute Gasteiger partial charge is 0.482 e.